The van der Waals surface area contributed by atoms with Gasteiger partial charge in [-0.05, 0) is 0 Å². The third-order valence-corrected chi connectivity index (χ3v) is 30.4. The first-order valence-corrected chi connectivity index (χ1v) is 25.2. The van der Waals surface area contributed by atoms with Crippen LogP contribution in [0.25, 0.3) is 22.3 Å². The summed E-state index contributed by atoms with van der Waals surface area (Å²) in [7, 11) is 8.52. The molecule has 0 heterocycles. The predicted molar refractivity (Wildman–Crippen MR) is 207 cm³/mol. The Morgan fingerprint density at radius 1 is 0.604 bits per heavy atom. The molecule has 0 unspecified atom stereocenters. The van der Waals surface area contributed by atoms with E-state index in [1.54, 1.807) is 0 Å². The molecule has 0 amide bonds. The summed E-state index contributed by atoms with van der Waals surface area (Å²) in [5.74, 6) is 1.79. The molecular formula is C42H54ClNO2PPd-. The molecule has 0 radical (unpaired) electrons. The van der Waals surface area contributed by atoms with Gasteiger partial charge in [0.1, 0.15) is 0 Å². The van der Waals surface area contributed by atoms with Gasteiger partial charge in [-0.1, -0.05) is 0 Å². The first-order chi connectivity index (χ1) is 23.3. The van der Waals surface area contributed by atoms with Crippen molar-refractivity contribution >= 4 is 30.0 Å². The monoisotopic (exact) mass is 776 g/mol. The van der Waals surface area contributed by atoms with Gasteiger partial charge in [0.05, 0.1) is 0 Å². The Labute approximate surface area is 299 Å². The third kappa shape index (κ3) is 7.25. The number of ether oxygens (including phenoxy) is 2. The van der Waals surface area contributed by atoms with E-state index in [9.17, 15) is 0 Å². The first-order valence-electron chi connectivity index (χ1n) is 18.1. The summed E-state index contributed by atoms with van der Waals surface area (Å²) in [5.41, 5.74) is 10.9. The Morgan fingerprint density at radius 2 is 1.08 bits per heavy atom. The Morgan fingerprint density at radius 3 is 1.62 bits per heavy atom. The molecule has 6 heteroatoms. The second-order valence-corrected chi connectivity index (χ2v) is 27.9. The van der Waals surface area contributed by atoms with Gasteiger partial charge < -0.3 is 0 Å². The summed E-state index contributed by atoms with van der Waals surface area (Å²) in [6, 6.07) is 33.0. The van der Waals surface area contributed by atoms with Crippen LogP contribution < -0.4 is 24.5 Å². The number of nitrogens with two attached hydrogens (primary N) is 1. The number of para-hydroxylation sites is 1. The van der Waals surface area contributed by atoms with Crippen LogP contribution in [0.1, 0.15) is 91.9 Å². The van der Waals surface area contributed by atoms with Gasteiger partial charge in [0, 0.05) is 0 Å². The fourth-order valence-corrected chi connectivity index (χ4v) is 31.4. The average Bonchev–Trinajstić information content (AvgIpc) is 3.10. The standard InChI is InChI=1S/C30H43O2P.C12H10N.ClH.Pd/c1-22(2)31-27-19-13-20-28(32-23(3)4)30(27)26-18-11-12-21-29(26)33(24-14-7-5-8-15-24)25-16-9-6-10-17-25;13-12-9-5-4-8-11(12)10-6-2-1-3-7-10;;/h11-13,18-25H,5-10,14-17H2,1-4H3;1-6,8-9H,13H2;1H;/q;;;-1. The zero-order valence-corrected chi connectivity index (χ0v) is 32.4. The Bertz CT molecular complexity index is 1620. The SMILES string of the molecule is CC(C)Oc1cccc(OC(C)C)c1-c1ccccc1[PH](C1CCCCC1)(C1CCCCC1)[Pd-]([Cl])[c]1ccccc1-c1ccccc1N. The van der Waals surface area contributed by atoms with E-state index in [1.807, 2.05) is 12.1 Å². The van der Waals surface area contributed by atoms with Crippen LogP contribution >= 0.6 is 15.0 Å². The molecule has 3 nitrogen and oxygen atoms in total. The van der Waals surface area contributed by atoms with E-state index < -0.39 is 20.7 Å². The zero-order chi connectivity index (χ0) is 33.7. The number of hydrogen-bond donors (Lipinski definition) is 1. The van der Waals surface area contributed by atoms with E-state index in [2.05, 4.69) is 107 Å². The molecular weight excluding hydrogens is 723 g/mol. The zero-order valence-electron chi connectivity index (χ0n) is 29.1. The Balaban J connectivity index is 1.67. The van der Waals surface area contributed by atoms with Crippen LogP contribution in [0.2, 0.25) is 0 Å². The van der Waals surface area contributed by atoms with Gasteiger partial charge in [0.25, 0.3) is 0 Å². The number of hydrogen-bond acceptors (Lipinski definition) is 3. The Kier molecular flexibility index (Phi) is 11.9. The van der Waals surface area contributed by atoms with Gasteiger partial charge in [-0.25, -0.2) is 0 Å². The fraction of sp³-hybridized carbons (Fsp3) is 0.429. The first kappa shape index (κ1) is 35.5. The quantitative estimate of drug-likeness (QED) is 0.0937. The summed E-state index contributed by atoms with van der Waals surface area (Å²) in [4.78, 5) is 0. The molecule has 2 saturated carbocycles. The van der Waals surface area contributed by atoms with Crippen molar-refractivity contribution < 1.29 is 24.7 Å². The van der Waals surface area contributed by atoms with Crippen molar-refractivity contribution in [2.45, 2.75) is 115 Å². The van der Waals surface area contributed by atoms with E-state index in [0.29, 0.717) is 11.3 Å². The summed E-state index contributed by atoms with van der Waals surface area (Å²) < 4.78 is 14.6. The molecule has 262 valence electrons. The van der Waals surface area contributed by atoms with Gasteiger partial charge in [0.15, 0.2) is 0 Å². The number of benzene rings is 4. The molecule has 0 atom stereocenters. The van der Waals surface area contributed by atoms with Gasteiger partial charge >= 0.3 is 301 Å². The van der Waals surface area contributed by atoms with Crippen LogP contribution in [0.3, 0.4) is 0 Å². The molecule has 0 aliphatic heterocycles. The topological polar surface area (TPSA) is 44.5 Å². The molecule has 2 aliphatic carbocycles. The number of nitrogen functional groups attached to an aromatic ring is 1. The van der Waals surface area contributed by atoms with E-state index in [-0.39, 0.29) is 12.2 Å². The van der Waals surface area contributed by atoms with Crippen LogP contribution in [0, 0.1) is 0 Å². The van der Waals surface area contributed by atoms with Crippen molar-refractivity contribution in [3.05, 3.63) is 91.0 Å². The second-order valence-electron chi connectivity index (χ2n) is 14.1. The van der Waals surface area contributed by atoms with Crippen LogP contribution in [-0.4, -0.2) is 23.5 Å². The van der Waals surface area contributed by atoms with Crippen LogP contribution in [0.15, 0.2) is 91.0 Å². The molecule has 4 aromatic carbocycles. The van der Waals surface area contributed by atoms with E-state index in [0.717, 1.165) is 28.3 Å². The van der Waals surface area contributed by atoms with E-state index in [1.165, 1.54) is 84.7 Å². The fourth-order valence-electron chi connectivity index (χ4n) is 8.25. The molecule has 2 fully saturated rings. The maximum absolute atomic E-state index is 8.52. The molecule has 2 N–H and O–H groups in total. The van der Waals surface area contributed by atoms with E-state index in [4.69, 9.17) is 24.7 Å². The summed E-state index contributed by atoms with van der Waals surface area (Å²) >= 11 is -1.85. The van der Waals surface area contributed by atoms with Gasteiger partial charge in [-0.3, -0.25) is 0 Å². The van der Waals surface area contributed by atoms with Crippen LogP contribution in [0.5, 0.6) is 11.5 Å². The molecule has 0 saturated heterocycles. The van der Waals surface area contributed by atoms with Crippen molar-refractivity contribution in [3.63, 3.8) is 0 Å². The normalized spacial score (nSPS) is 17.0. The second kappa shape index (κ2) is 16.1. The molecule has 0 bridgehead atoms. The minimum absolute atomic E-state index is 0.0424. The van der Waals surface area contributed by atoms with Crippen LogP contribution in [0.4, 0.5) is 5.69 Å². The van der Waals surface area contributed by atoms with Crippen molar-refractivity contribution in [3.8, 4) is 33.8 Å². The van der Waals surface area contributed by atoms with Gasteiger partial charge in [0.2, 0.25) is 0 Å². The number of rotatable bonds is 11. The molecule has 6 rings (SSSR count). The van der Waals surface area contributed by atoms with Gasteiger partial charge in [-0.15, -0.1) is 0 Å². The minimum atomic E-state index is -2.52. The molecule has 0 aromatic heterocycles. The summed E-state index contributed by atoms with van der Waals surface area (Å²) in [6.07, 6.45) is 13.0. The average molecular weight is 778 g/mol. The van der Waals surface area contributed by atoms with Gasteiger partial charge in [-0.2, -0.15) is 0 Å². The van der Waals surface area contributed by atoms with Crippen molar-refractivity contribution in [2.75, 3.05) is 5.73 Å². The van der Waals surface area contributed by atoms with Crippen molar-refractivity contribution in [1.82, 2.24) is 0 Å². The molecule has 0 spiro atoms. The third-order valence-electron chi connectivity index (χ3n) is 10.1. The predicted octanol–water partition coefficient (Wildman–Crippen LogP) is 11.2. The molecule has 4 aromatic rings. The molecule has 2 aliphatic rings. The van der Waals surface area contributed by atoms with Crippen LogP contribution in [-0.2, 0) is 15.2 Å². The number of anilines is 1. The summed E-state index contributed by atoms with van der Waals surface area (Å²) in [5, 5.41) is 1.53. The molecule has 48 heavy (non-hydrogen) atoms. The number of halogens is 1. The maximum atomic E-state index is 8.52. The van der Waals surface area contributed by atoms with Crippen molar-refractivity contribution in [1.29, 1.82) is 0 Å². The summed E-state index contributed by atoms with van der Waals surface area (Å²) in [6.45, 7) is 8.45. The van der Waals surface area contributed by atoms with Crippen molar-refractivity contribution in [2.24, 2.45) is 0 Å². The Hall–Kier alpha value is -2.34. The van der Waals surface area contributed by atoms with E-state index >= 15 is 0 Å².